The number of carbonyl (C=O) groups is 2. The van der Waals surface area contributed by atoms with Crippen molar-refractivity contribution in [3.8, 4) is 5.75 Å². The lowest BCUT2D eigenvalue weighted by molar-refractivity contribution is -0.131. The highest BCUT2D eigenvalue weighted by Gasteiger charge is 2.33. The van der Waals surface area contributed by atoms with Crippen molar-refractivity contribution >= 4 is 29.4 Å². The predicted octanol–water partition coefficient (Wildman–Crippen LogP) is 4.39. The first-order valence-electron chi connectivity index (χ1n) is 10.9. The smallest absolute Gasteiger partial charge is 0.316 e. The molecule has 0 saturated carbocycles. The number of methoxy groups -OCH3 is 1. The summed E-state index contributed by atoms with van der Waals surface area (Å²) in [6.45, 7) is 6.03. The molecule has 2 aromatic rings. The minimum absolute atomic E-state index is 0.0623. The van der Waals surface area contributed by atoms with Crippen molar-refractivity contribution in [2.24, 2.45) is 5.73 Å². The lowest BCUT2D eigenvalue weighted by Gasteiger charge is -2.42. The molecule has 170 valence electrons. The zero-order valence-electron chi connectivity index (χ0n) is 19.1. The molecule has 3 amide bonds. The van der Waals surface area contributed by atoms with E-state index in [4.69, 9.17) is 10.5 Å². The molecule has 1 fully saturated rings. The predicted molar refractivity (Wildman–Crippen MR) is 129 cm³/mol. The van der Waals surface area contributed by atoms with Gasteiger partial charge in [0.05, 0.1) is 12.8 Å². The Labute approximate surface area is 189 Å². The Morgan fingerprint density at radius 2 is 1.78 bits per heavy atom. The summed E-state index contributed by atoms with van der Waals surface area (Å²) >= 11 is 0. The number of nitrogens with one attached hydrogen (secondary N) is 2. The molecule has 7 nitrogen and oxygen atoms in total. The van der Waals surface area contributed by atoms with E-state index in [9.17, 15) is 9.59 Å². The van der Waals surface area contributed by atoms with Crippen molar-refractivity contribution in [2.75, 3.05) is 17.7 Å². The van der Waals surface area contributed by atoms with Gasteiger partial charge in [0.1, 0.15) is 5.75 Å². The quantitative estimate of drug-likeness (QED) is 0.585. The number of rotatable bonds is 6. The molecule has 0 aromatic heterocycles. The van der Waals surface area contributed by atoms with Crippen LogP contribution in [0.1, 0.15) is 37.8 Å². The number of nitrogens with zero attached hydrogens (tertiary/aromatic N) is 1. The highest BCUT2D eigenvalue weighted by atomic mass is 16.5. The van der Waals surface area contributed by atoms with Crippen LogP contribution in [0.2, 0.25) is 0 Å². The summed E-state index contributed by atoms with van der Waals surface area (Å²) in [7, 11) is 1.58. The van der Waals surface area contributed by atoms with Crippen LogP contribution in [0.3, 0.4) is 0 Å². The number of piperidine rings is 1. The van der Waals surface area contributed by atoms with E-state index in [-0.39, 0.29) is 18.0 Å². The third-order valence-corrected chi connectivity index (χ3v) is 5.83. The number of nitrogens with two attached hydrogens (primary N) is 1. The molecule has 0 aliphatic carbocycles. The SMILES string of the molecule is COc1cc(/C=C/C(=O)N2C(C)CC(Nc3ccccc3)C[C@H]2C)c(NC(N)=O)cc1C. The molecule has 0 spiro atoms. The Hall–Kier alpha value is -3.48. The lowest BCUT2D eigenvalue weighted by Crippen LogP contribution is -2.52. The maximum atomic E-state index is 13.1. The van der Waals surface area contributed by atoms with Crippen LogP contribution >= 0.6 is 0 Å². The van der Waals surface area contributed by atoms with Crippen molar-refractivity contribution in [3.63, 3.8) is 0 Å². The maximum Gasteiger partial charge on any atom is 0.316 e. The molecule has 2 unspecified atom stereocenters. The van der Waals surface area contributed by atoms with Gasteiger partial charge in [-0.15, -0.1) is 0 Å². The van der Waals surface area contributed by atoms with E-state index >= 15 is 0 Å². The van der Waals surface area contributed by atoms with Crippen molar-refractivity contribution < 1.29 is 14.3 Å². The fourth-order valence-electron chi connectivity index (χ4n) is 4.45. The van der Waals surface area contributed by atoms with Gasteiger partial charge in [0.2, 0.25) is 5.91 Å². The number of aryl methyl sites for hydroxylation is 1. The van der Waals surface area contributed by atoms with E-state index in [1.54, 1.807) is 31.4 Å². The molecule has 1 aliphatic rings. The number of para-hydroxylation sites is 1. The minimum Gasteiger partial charge on any atom is -0.496 e. The van der Waals surface area contributed by atoms with Gasteiger partial charge in [-0.05, 0) is 69.5 Å². The molecular weight excluding hydrogens is 404 g/mol. The highest BCUT2D eigenvalue weighted by molar-refractivity contribution is 5.95. The minimum atomic E-state index is -0.661. The number of benzene rings is 2. The number of carbonyl (C=O) groups excluding carboxylic acids is 2. The molecule has 1 aliphatic heterocycles. The van der Waals surface area contributed by atoms with E-state index in [0.717, 1.165) is 24.1 Å². The van der Waals surface area contributed by atoms with Gasteiger partial charge in [-0.3, -0.25) is 4.79 Å². The van der Waals surface area contributed by atoms with Crippen LogP contribution in [0.15, 0.2) is 48.5 Å². The number of likely N-dealkylation sites (tertiary alicyclic amines) is 1. The summed E-state index contributed by atoms with van der Waals surface area (Å²) in [5.41, 5.74) is 8.45. The van der Waals surface area contributed by atoms with Crippen molar-refractivity contribution in [1.29, 1.82) is 0 Å². The van der Waals surface area contributed by atoms with Gasteiger partial charge in [0, 0.05) is 35.5 Å². The summed E-state index contributed by atoms with van der Waals surface area (Å²) in [6, 6.07) is 13.5. The van der Waals surface area contributed by atoms with Crippen LogP contribution in [-0.2, 0) is 4.79 Å². The number of anilines is 2. The molecule has 3 rings (SSSR count). The van der Waals surface area contributed by atoms with E-state index in [1.807, 2.05) is 30.0 Å². The van der Waals surface area contributed by atoms with E-state index in [0.29, 0.717) is 23.0 Å². The molecule has 0 radical (unpaired) electrons. The van der Waals surface area contributed by atoms with Gasteiger partial charge in [-0.2, -0.15) is 0 Å². The topological polar surface area (TPSA) is 96.7 Å². The van der Waals surface area contributed by atoms with Gasteiger partial charge in [-0.1, -0.05) is 18.2 Å². The Balaban J connectivity index is 1.73. The van der Waals surface area contributed by atoms with Crippen LogP contribution in [0.5, 0.6) is 5.75 Å². The third-order valence-electron chi connectivity index (χ3n) is 5.83. The average Bonchev–Trinajstić information content (AvgIpc) is 2.73. The van der Waals surface area contributed by atoms with E-state index in [2.05, 4.69) is 36.6 Å². The van der Waals surface area contributed by atoms with E-state index in [1.165, 1.54) is 0 Å². The molecule has 3 atom stereocenters. The standard InChI is InChI=1S/C25H32N4O3/c1-16-12-22(28-25(26)31)19(15-23(16)32-4)10-11-24(30)29-17(2)13-21(14-18(29)3)27-20-8-6-5-7-9-20/h5-12,15,17-18,21,27H,13-14H2,1-4H3,(H3,26,28,31)/b11-10+/t17-,18?,21?/m1/s1. The Morgan fingerprint density at radius 1 is 1.12 bits per heavy atom. The number of hydrogen-bond acceptors (Lipinski definition) is 4. The zero-order chi connectivity index (χ0) is 23.3. The van der Waals surface area contributed by atoms with Crippen LogP contribution in [-0.4, -0.2) is 42.1 Å². The average molecular weight is 437 g/mol. The second-order valence-corrected chi connectivity index (χ2v) is 8.35. The zero-order valence-corrected chi connectivity index (χ0v) is 19.1. The third kappa shape index (κ3) is 5.60. The van der Waals surface area contributed by atoms with Crippen LogP contribution < -0.4 is 21.1 Å². The number of hydrogen-bond donors (Lipinski definition) is 3. The Morgan fingerprint density at radius 3 is 2.38 bits per heavy atom. The van der Waals surface area contributed by atoms with E-state index < -0.39 is 6.03 Å². The summed E-state index contributed by atoms with van der Waals surface area (Å²) in [4.78, 5) is 26.4. The van der Waals surface area contributed by atoms with Gasteiger partial charge in [0.15, 0.2) is 0 Å². The number of urea groups is 1. The highest BCUT2D eigenvalue weighted by Crippen LogP contribution is 2.29. The van der Waals surface area contributed by atoms with Crippen molar-refractivity contribution in [2.45, 2.75) is 51.7 Å². The molecule has 0 bridgehead atoms. The fourth-order valence-corrected chi connectivity index (χ4v) is 4.45. The maximum absolute atomic E-state index is 13.1. The summed E-state index contributed by atoms with van der Waals surface area (Å²) < 4.78 is 5.38. The largest absolute Gasteiger partial charge is 0.496 e. The molecule has 4 N–H and O–H groups in total. The number of ether oxygens (including phenoxy) is 1. The first-order chi connectivity index (χ1) is 15.3. The second kappa shape index (κ2) is 10.2. The Bertz CT molecular complexity index is 978. The molecule has 32 heavy (non-hydrogen) atoms. The summed E-state index contributed by atoms with van der Waals surface area (Å²) in [5.74, 6) is 0.606. The molecule has 1 heterocycles. The summed E-state index contributed by atoms with van der Waals surface area (Å²) in [5, 5.41) is 6.19. The number of amides is 3. The van der Waals surface area contributed by atoms with Crippen LogP contribution in [0, 0.1) is 6.92 Å². The number of primary amides is 1. The molecule has 7 heteroatoms. The van der Waals surface area contributed by atoms with Gasteiger partial charge in [-0.25, -0.2) is 4.79 Å². The van der Waals surface area contributed by atoms with Gasteiger partial charge < -0.3 is 26.0 Å². The van der Waals surface area contributed by atoms with Crippen LogP contribution in [0.4, 0.5) is 16.2 Å². The van der Waals surface area contributed by atoms with Gasteiger partial charge >= 0.3 is 6.03 Å². The molecule has 1 saturated heterocycles. The second-order valence-electron chi connectivity index (χ2n) is 8.35. The van der Waals surface area contributed by atoms with Crippen molar-refractivity contribution in [1.82, 2.24) is 4.90 Å². The summed E-state index contributed by atoms with van der Waals surface area (Å²) in [6.07, 6.45) is 4.98. The normalized spacial score (nSPS) is 20.8. The Kier molecular flexibility index (Phi) is 7.41. The fraction of sp³-hybridized carbons (Fsp3) is 0.360. The van der Waals surface area contributed by atoms with Gasteiger partial charge in [0.25, 0.3) is 0 Å². The monoisotopic (exact) mass is 436 g/mol. The first kappa shape index (κ1) is 23.2. The van der Waals surface area contributed by atoms with Crippen LogP contribution in [0.25, 0.3) is 6.08 Å². The van der Waals surface area contributed by atoms with Crippen molar-refractivity contribution in [3.05, 3.63) is 59.7 Å². The first-order valence-corrected chi connectivity index (χ1v) is 10.9. The lowest BCUT2D eigenvalue weighted by atomic mass is 9.92. The molecular formula is C25H32N4O3. The molecule has 2 aromatic carbocycles.